The van der Waals surface area contributed by atoms with E-state index in [1.807, 2.05) is 18.2 Å². The van der Waals surface area contributed by atoms with Gasteiger partial charge in [-0.25, -0.2) is 4.98 Å². The lowest BCUT2D eigenvalue weighted by molar-refractivity contribution is -0.113. The number of anilines is 1. The van der Waals surface area contributed by atoms with Gasteiger partial charge in [-0.1, -0.05) is 23.1 Å². The lowest BCUT2D eigenvalue weighted by atomic mass is 10.3. The van der Waals surface area contributed by atoms with E-state index in [9.17, 15) is 9.59 Å². The molecule has 0 aliphatic heterocycles. The largest absolute Gasteiger partial charge is 0.497 e. The molecule has 0 spiro atoms. The zero-order valence-electron chi connectivity index (χ0n) is 12.8. The molecular formula is C14H13N5O3S2. The molecule has 0 unspecified atom stereocenters. The summed E-state index contributed by atoms with van der Waals surface area (Å²) >= 11 is 2.46. The molecule has 2 N–H and O–H groups in total. The van der Waals surface area contributed by atoms with Gasteiger partial charge in [-0.3, -0.25) is 14.6 Å². The molecule has 0 radical (unpaired) electrons. The highest BCUT2D eigenvalue weighted by Crippen LogP contribution is 2.29. The van der Waals surface area contributed by atoms with Gasteiger partial charge in [0.1, 0.15) is 11.4 Å². The monoisotopic (exact) mass is 363 g/mol. The van der Waals surface area contributed by atoms with Crippen molar-refractivity contribution in [1.29, 1.82) is 0 Å². The van der Waals surface area contributed by atoms with E-state index in [2.05, 4.69) is 25.5 Å². The number of aryl methyl sites for hydroxylation is 1. The van der Waals surface area contributed by atoms with Crippen molar-refractivity contribution >= 4 is 44.4 Å². The Morgan fingerprint density at radius 1 is 1.42 bits per heavy atom. The molecule has 3 rings (SSSR count). The smallest absolute Gasteiger partial charge is 0.273 e. The molecule has 10 heteroatoms. The Hall–Kier alpha value is -2.46. The van der Waals surface area contributed by atoms with E-state index in [0.29, 0.717) is 10.3 Å². The molecule has 0 fully saturated rings. The number of fused-ring (bicyclic) bond motifs is 1. The van der Waals surface area contributed by atoms with Gasteiger partial charge < -0.3 is 10.1 Å². The quantitative estimate of drug-likeness (QED) is 0.665. The third-order valence-corrected chi connectivity index (χ3v) is 4.82. The fourth-order valence-corrected chi connectivity index (χ4v) is 3.33. The lowest BCUT2D eigenvalue weighted by Crippen LogP contribution is -2.17. The van der Waals surface area contributed by atoms with Crippen molar-refractivity contribution in [2.75, 3.05) is 18.2 Å². The second kappa shape index (κ2) is 6.97. The summed E-state index contributed by atoms with van der Waals surface area (Å²) in [6.07, 6.45) is 0. The van der Waals surface area contributed by atoms with Crippen LogP contribution in [0.3, 0.4) is 0 Å². The second-order valence-corrected chi connectivity index (χ2v) is 6.73. The maximum atomic E-state index is 12.0. The highest BCUT2D eigenvalue weighted by Gasteiger charge is 2.10. The van der Waals surface area contributed by atoms with E-state index < -0.39 is 0 Å². The molecule has 8 nitrogen and oxygen atoms in total. The minimum absolute atomic E-state index is 0.0902. The van der Waals surface area contributed by atoms with Crippen molar-refractivity contribution in [2.45, 2.75) is 12.1 Å². The summed E-state index contributed by atoms with van der Waals surface area (Å²) in [7, 11) is 1.60. The van der Waals surface area contributed by atoms with Crippen molar-refractivity contribution in [1.82, 2.24) is 20.2 Å². The number of carbonyl (C=O) groups excluding carboxylic acids is 1. The van der Waals surface area contributed by atoms with Crippen LogP contribution >= 0.6 is 23.1 Å². The fourth-order valence-electron chi connectivity index (χ4n) is 1.82. The number of methoxy groups -OCH3 is 1. The maximum Gasteiger partial charge on any atom is 0.273 e. The molecule has 0 aliphatic carbocycles. The average molecular weight is 363 g/mol. The van der Waals surface area contributed by atoms with Crippen molar-refractivity contribution in [2.24, 2.45) is 0 Å². The summed E-state index contributed by atoms with van der Waals surface area (Å²) in [6.45, 7) is 1.56. The first-order chi connectivity index (χ1) is 11.5. The Morgan fingerprint density at radius 2 is 2.25 bits per heavy atom. The maximum absolute atomic E-state index is 12.0. The topological polar surface area (TPSA) is 110 Å². The number of carbonyl (C=O) groups is 1. The Bertz CT molecular complexity index is 953. The first-order valence-electron chi connectivity index (χ1n) is 6.86. The number of aromatic amines is 1. The van der Waals surface area contributed by atoms with Gasteiger partial charge in [0, 0.05) is 0 Å². The number of nitrogens with zero attached hydrogens (tertiary/aromatic N) is 3. The Morgan fingerprint density at radius 3 is 3.00 bits per heavy atom. The van der Waals surface area contributed by atoms with Gasteiger partial charge in [0.25, 0.3) is 5.56 Å². The summed E-state index contributed by atoms with van der Waals surface area (Å²) < 4.78 is 6.09. The zero-order valence-corrected chi connectivity index (χ0v) is 14.5. The molecule has 1 amide bonds. The number of amides is 1. The number of hydrogen-bond donors (Lipinski definition) is 2. The van der Waals surface area contributed by atoms with E-state index in [0.717, 1.165) is 27.7 Å². The van der Waals surface area contributed by atoms with Crippen molar-refractivity contribution < 1.29 is 9.53 Å². The normalized spacial score (nSPS) is 10.8. The van der Waals surface area contributed by atoms with E-state index in [1.54, 1.807) is 14.0 Å². The number of hydrogen-bond acceptors (Lipinski definition) is 8. The van der Waals surface area contributed by atoms with E-state index in [4.69, 9.17) is 4.74 Å². The van der Waals surface area contributed by atoms with Gasteiger partial charge in [0.05, 0.1) is 23.1 Å². The summed E-state index contributed by atoms with van der Waals surface area (Å²) in [6, 6.07) is 5.52. The van der Waals surface area contributed by atoms with Crippen LogP contribution in [0.5, 0.6) is 5.75 Å². The summed E-state index contributed by atoms with van der Waals surface area (Å²) in [5.74, 6) is 0.586. The Kier molecular flexibility index (Phi) is 4.76. The highest BCUT2D eigenvalue weighted by molar-refractivity contribution is 7.99. The summed E-state index contributed by atoms with van der Waals surface area (Å²) in [5.41, 5.74) is 0.763. The SMILES string of the molecule is COc1ccc2nc(NC(=O)CSc3nnc(C)c(=O)[nH]3)sc2c1. The first kappa shape index (κ1) is 16.4. The molecule has 0 aliphatic rings. The third-order valence-electron chi connectivity index (χ3n) is 3.02. The number of thiazole rings is 1. The van der Waals surface area contributed by atoms with Gasteiger partial charge in [-0.05, 0) is 25.1 Å². The van der Waals surface area contributed by atoms with Crippen LogP contribution in [0.4, 0.5) is 5.13 Å². The van der Waals surface area contributed by atoms with Crippen LogP contribution in [0.1, 0.15) is 5.69 Å². The van der Waals surface area contributed by atoms with Gasteiger partial charge in [0.2, 0.25) is 5.91 Å². The van der Waals surface area contributed by atoms with Crippen LogP contribution in [-0.4, -0.2) is 38.9 Å². The Balaban J connectivity index is 1.64. The molecule has 0 saturated heterocycles. The van der Waals surface area contributed by atoms with E-state index >= 15 is 0 Å². The van der Waals surface area contributed by atoms with Gasteiger partial charge in [-0.15, -0.1) is 10.2 Å². The summed E-state index contributed by atoms with van der Waals surface area (Å²) in [5, 5.41) is 11.1. The third kappa shape index (κ3) is 3.71. The predicted octanol–water partition coefficient (Wildman–Crippen LogP) is 1.82. The molecule has 124 valence electrons. The average Bonchev–Trinajstić information content (AvgIpc) is 2.97. The molecule has 0 bridgehead atoms. The zero-order chi connectivity index (χ0) is 17.1. The number of aromatic nitrogens is 4. The molecule has 0 saturated carbocycles. The highest BCUT2D eigenvalue weighted by atomic mass is 32.2. The van der Waals surface area contributed by atoms with Crippen LogP contribution in [-0.2, 0) is 4.79 Å². The van der Waals surface area contributed by atoms with Crippen LogP contribution < -0.4 is 15.6 Å². The van der Waals surface area contributed by atoms with Gasteiger partial charge in [-0.2, -0.15) is 0 Å². The molecule has 2 heterocycles. The van der Waals surface area contributed by atoms with E-state index in [1.165, 1.54) is 11.3 Å². The molecule has 2 aromatic heterocycles. The van der Waals surface area contributed by atoms with Crippen molar-refractivity contribution in [3.05, 3.63) is 34.2 Å². The van der Waals surface area contributed by atoms with Crippen LogP contribution in [0.15, 0.2) is 28.2 Å². The molecule has 1 aromatic carbocycles. The number of rotatable bonds is 5. The first-order valence-corrected chi connectivity index (χ1v) is 8.66. The fraction of sp³-hybridized carbons (Fsp3) is 0.214. The van der Waals surface area contributed by atoms with Gasteiger partial charge in [0.15, 0.2) is 10.3 Å². The van der Waals surface area contributed by atoms with Crippen molar-refractivity contribution in [3.8, 4) is 5.75 Å². The molecular weight excluding hydrogens is 350 g/mol. The number of ether oxygens (including phenoxy) is 1. The Labute approximate surface area is 144 Å². The molecule has 0 atom stereocenters. The number of nitrogens with one attached hydrogen (secondary N) is 2. The minimum atomic E-state index is -0.312. The number of thioether (sulfide) groups is 1. The van der Waals surface area contributed by atoms with E-state index in [-0.39, 0.29) is 22.9 Å². The van der Waals surface area contributed by atoms with Gasteiger partial charge >= 0.3 is 0 Å². The second-order valence-electron chi connectivity index (χ2n) is 4.73. The lowest BCUT2D eigenvalue weighted by Gasteiger charge is -2.01. The van der Waals surface area contributed by atoms with Crippen LogP contribution in [0.25, 0.3) is 10.2 Å². The minimum Gasteiger partial charge on any atom is -0.497 e. The number of benzene rings is 1. The standard InChI is InChI=1S/C14H13N5O3S2/c1-7-12(21)17-14(19-18-7)23-6-11(20)16-13-15-9-4-3-8(22-2)5-10(9)24-13/h3-5H,6H2,1-2H3,(H,15,16,20)(H,17,19,21). The van der Waals surface area contributed by atoms with Crippen LogP contribution in [0, 0.1) is 6.92 Å². The van der Waals surface area contributed by atoms with Crippen molar-refractivity contribution in [3.63, 3.8) is 0 Å². The molecule has 24 heavy (non-hydrogen) atoms. The molecule has 3 aromatic rings. The van der Waals surface area contributed by atoms with Crippen LogP contribution in [0.2, 0.25) is 0 Å². The summed E-state index contributed by atoms with van der Waals surface area (Å²) in [4.78, 5) is 30.3. The predicted molar refractivity (Wildman–Crippen MR) is 92.9 cm³/mol. The number of H-pyrrole nitrogens is 1.